The summed E-state index contributed by atoms with van der Waals surface area (Å²) in [6.45, 7) is 1.90. The highest BCUT2D eigenvalue weighted by Gasteiger charge is 2.67. The molecule has 13 heteroatoms. The molecule has 0 atom stereocenters. The number of carbonyl (C=O) groups is 1. The van der Waals surface area contributed by atoms with Crippen molar-refractivity contribution >= 4 is 17.6 Å². The zero-order valence-electron chi connectivity index (χ0n) is 21.5. The number of nitrogens with two attached hydrogens (primary N) is 1. The van der Waals surface area contributed by atoms with E-state index in [0.29, 0.717) is 18.5 Å². The van der Waals surface area contributed by atoms with Gasteiger partial charge in [-0.15, -0.1) is 0 Å². The van der Waals surface area contributed by atoms with Crippen LogP contribution in [0.2, 0.25) is 0 Å². The van der Waals surface area contributed by atoms with Crippen molar-refractivity contribution in [3.05, 3.63) is 46.7 Å². The van der Waals surface area contributed by atoms with Gasteiger partial charge in [0.05, 0.1) is 23.1 Å². The minimum Gasteiger partial charge on any atom is -0.383 e. The molecule has 8 nitrogen and oxygen atoms in total. The van der Waals surface area contributed by atoms with Gasteiger partial charge in [-0.3, -0.25) is 10.1 Å². The Morgan fingerprint density at radius 3 is 2.48 bits per heavy atom. The van der Waals surface area contributed by atoms with Gasteiger partial charge in [-0.1, -0.05) is 11.2 Å². The average molecular weight is 561 g/mol. The van der Waals surface area contributed by atoms with E-state index in [1.54, 1.807) is 0 Å². The molecular weight excluding hydrogens is 535 g/mol. The Hall–Kier alpha value is -3.95. The number of carbonyl (C=O) groups excluding carboxylic acids is 1. The number of rotatable bonds is 6. The van der Waals surface area contributed by atoms with Crippen LogP contribution in [0.3, 0.4) is 0 Å². The smallest absolute Gasteiger partial charge is 0.383 e. The van der Waals surface area contributed by atoms with Crippen LogP contribution in [0.15, 0.2) is 22.7 Å². The number of alkyl halides is 3. The third-order valence-corrected chi connectivity index (χ3v) is 9.04. The lowest BCUT2D eigenvalue weighted by atomic mass is 9.80. The lowest BCUT2D eigenvalue weighted by Crippen LogP contribution is -2.33. The highest BCUT2D eigenvalue weighted by molar-refractivity contribution is 5.91. The fraction of sp³-hybridized carbons (Fsp3) is 0.481. The van der Waals surface area contributed by atoms with Gasteiger partial charge in [-0.05, 0) is 57.9 Å². The number of fused-ring (bicyclic) bond motifs is 2. The number of halogens is 5. The predicted octanol–water partition coefficient (Wildman–Crippen LogP) is 5.72. The van der Waals surface area contributed by atoms with Crippen LogP contribution in [0.4, 0.5) is 33.7 Å². The standard InChI is InChI=1S/C27H25F5N6O2/c1-24(4-5-24)38-23(34)16(12-33)22(36-38)15-3-2-14(20(28)21(15)29)10-18(39)35-19-11-17(37-40-19)25-6-8-26(13-25,9-7-25)27(30,31)32/h2-3,11H,4-10,13,34H2,1H3,(H,35,39). The summed E-state index contributed by atoms with van der Waals surface area (Å²) in [6.07, 6.45) is -2.66. The van der Waals surface area contributed by atoms with Crippen molar-refractivity contribution in [3.8, 4) is 17.3 Å². The first-order chi connectivity index (χ1) is 18.8. The molecule has 0 unspecified atom stereocenters. The summed E-state index contributed by atoms with van der Waals surface area (Å²) in [5.74, 6) is -3.30. The van der Waals surface area contributed by atoms with Gasteiger partial charge in [0.2, 0.25) is 11.8 Å². The molecule has 0 aliphatic heterocycles. The minimum absolute atomic E-state index is 0.0217. The van der Waals surface area contributed by atoms with Crippen LogP contribution >= 0.6 is 0 Å². The van der Waals surface area contributed by atoms with E-state index in [1.807, 2.05) is 13.0 Å². The summed E-state index contributed by atoms with van der Waals surface area (Å²) in [5.41, 5.74) is 2.92. The zero-order valence-corrected chi connectivity index (χ0v) is 21.5. The van der Waals surface area contributed by atoms with E-state index in [-0.39, 0.29) is 58.9 Å². The number of nitriles is 1. The van der Waals surface area contributed by atoms with E-state index in [0.717, 1.165) is 12.8 Å². The van der Waals surface area contributed by atoms with E-state index < -0.39 is 41.0 Å². The monoisotopic (exact) mass is 560 g/mol. The van der Waals surface area contributed by atoms with Crippen LogP contribution in [-0.4, -0.2) is 27.0 Å². The number of nitrogens with zero attached hydrogens (tertiary/aromatic N) is 4. The van der Waals surface area contributed by atoms with Crippen LogP contribution < -0.4 is 11.1 Å². The van der Waals surface area contributed by atoms with Crippen molar-refractivity contribution in [2.75, 3.05) is 11.1 Å². The Morgan fingerprint density at radius 1 is 1.18 bits per heavy atom. The summed E-state index contributed by atoms with van der Waals surface area (Å²) in [6, 6.07) is 5.78. The van der Waals surface area contributed by atoms with Crippen molar-refractivity contribution in [3.63, 3.8) is 0 Å². The Labute approximate surface area is 225 Å². The van der Waals surface area contributed by atoms with Crippen LogP contribution in [0, 0.1) is 28.4 Å². The van der Waals surface area contributed by atoms with E-state index in [2.05, 4.69) is 15.6 Å². The maximum Gasteiger partial charge on any atom is 0.394 e. The molecule has 1 aromatic carbocycles. The number of benzene rings is 1. The van der Waals surface area contributed by atoms with E-state index >= 15 is 8.78 Å². The molecule has 0 radical (unpaired) electrons. The first-order valence-electron chi connectivity index (χ1n) is 12.9. The summed E-state index contributed by atoms with van der Waals surface area (Å²) in [7, 11) is 0. The zero-order chi connectivity index (χ0) is 28.7. The second kappa shape index (κ2) is 8.52. The van der Waals surface area contributed by atoms with Gasteiger partial charge in [0.1, 0.15) is 23.1 Å². The molecule has 40 heavy (non-hydrogen) atoms. The quantitative estimate of drug-likeness (QED) is 0.372. The normalized spacial score (nSPS) is 24.7. The second-order valence-electron chi connectivity index (χ2n) is 11.6. The Bertz CT molecular complexity index is 1570. The Morgan fingerprint density at radius 2 is 1.88 bits per heavy atom. The molecule has 3 N–H and O–H groups in total. The number of nitrogen functional groups attached to an aromatic ring is 1. The molecule has 0 spiro atoms. The number of hydrogen-bond donors (Lipinski definition) is 2. The average Bonchev–Trinajstić information content (AvgIpc) is 3.32. The molecular formula is C27H25F5N6O2. The van der Waals surface area contributed by atoms with Crippen LogP contribution in [0.25, 0.3) is 11.3 Å². The van der Waals surface area contributed by atoms with Crippen molar-refractivity contribution in [2.24, 2.45) is 5.41 Å². The fourth-order valence-electron chi connectivity index (χ4n) is 6.32. The van der Waals surface area contributed by atoms with E-state index in [1.165, 1.54) is 22.9 Å². The molecule has 3 fully saturated rings. The Balaban J connectivity index is 1.18. The summed E-state index contributed by atoms with van der Waals surface area (Å²) < 4.78 is 77.7. The van der Waals surface area contributed by atoms with Gasteiger partial charge in [-0.25, -0.2) is 13.5 Å². The molecule has 1 amide bonds. The summed E-state index contributed by atoms with van der Waals surface area (Å²) in [4.78, 5) is 12.6. The topological polar surface area (TPSA) is 123 Å². The number of nitrogens with one attached hydrogen (secondary N) is 1. The van der Waals surface area contributed by atoms with Gasteiger partial charge in [0.15, 0.2) is 11.6 Å². The molecule has 3 saturated carbocycles. The summed E-state index contributed by atoms with van der Waals surface area (Å²) in [5, 5.41) is 20.2. The summed E-state index contributed by atoms with van der Waals surface area (Å²) >= 11 is 0. The van der Waals surface area contributed by atoms with Gasteiger partial charge in [0.25, 0.3) is 0 Å². The van der Waals surface area contributed by atoms with Crippen molar-refractivity contribution in [1.82, 2.24) is 14.9 Å². The third-order valence-electron chi connectivity index (χ3n) is 9.04. The first kappa shape index (κ1) is 26.3. The molecule has 2 bridgehead atoms. The van der Waals surface area contributed by atoms with Gasteiger partial charge in [0, 0.05) is 22.6 Å². The molecule has 0 saturated heterocycles. The highest BCUT2D eigenvalue weighted by Crippen LogP contribution is 2.67. The Kier molecular flexibility index (Phi) is 5.60. The SMILES string of the molecule is CC1(n2nc(-c3ccc(CC(=O)Nc4cc(C56CCC(C(F)(F)F)(CC5)C6)no4)c(F)c3F)c(C#N)c2N)CC1. The molecule has 2 heterocycles. The van der Waals surface area contributed by atoms with Gasteiger partial charge in [-0.2, -0.15) is 23.5 Å². The number of anilines is 2. The highest BCUT2D eigenvalue weighted by atomic mass is 19.4. The molecule has 2 aromatic heterocycles. The van der Waals surface area contributed by atoms with Crippen molar-refractivity contribution < 1.29 is 31.3 Å². The molecule has 3 aromatic rings. The number of aromatic nitrogens is 3. The number of hydrogen-bond acceptors (Lipinski definition) is 6. The first-order valence-corrected chi connectivity index (χ1v) is 12.9. The van der Waals surface area contributed by atoms with E-state index in [4.69, 9.17) is 10.3 Å². The van der Waals surface area contributed by atoms with Crippen LogP contribution in [0.1, 0.15) is 68.7 Å². The maximum atomic E-state index is 15.2. The fourth-order valence-corrected chi connectivity index (χ4v) is 6.32. The van der Waals surface area contributed by atoms with Crippen LogP contribution in [0.5, 0.6) is 0 Å². The molecule has 3 aliphatic carbocycles. The van der Waals surface area contributed by atoms with Crippen molar-refractivity contribution in [2.45, 2.75) is 75.4 Å². The molecule has 3 aliphatic rings. The maximum absolute atomic E-state index is 15.2. The number of amides is 1. The lowest BCUT2D eigenvalue weighted by Gasteiger charge is -2.29. The van der Waals surface area contributed by atoms with Crippen molar-refractivity contribution in [1.29, 1.82) is 5.26 Å². The predicted molar refractivity (Wildman–Crippen MR) is 132 cm³/mol. The van der Waals surface area contributed by atoms with E-state index in [9.17, 15) is 23.2 Å². The van der Waals surface area contributed by atoms with Gasteiger partial charge < -0.3 is 10.3 Å². The molecule has 6 rings (SSSR count). The van der Waals surface area contributed by atoms with Crippen LogP contribution in [-0.2, 0) is 22.2 Å². The third kappa shape index (κ3) is 3.87. The molecule has 210 valence electrons. The lowest BCUT2D eigenvalue weighted by molar-refractivity contribution is -0.220. The minimum atomic E-state index is -4.29. The second-order valence-corrected chi connectivity index (χ2v) is 11.6. The van der Waals surface area contributed by atoms with Gasteiger partial charge >= 0.3 is 6.18 Å². The largest absolute Gasteiger partial charge is 0.394 e.